The first-order chi connectivity index (χ1) is 8.74. The number of carbonyl (C=O) groups is 1. The first kappa shape index (κ1) is 12.1. The van der Waals surface area contributed by atoms with Gasteiger partial charge in [0, 0.05) is 23.5 Å². The number of amides is 1. The molecule has 3 rings (SSSR count). The Hall–Kier alpha value is -0.940. The third-order valence-corrected chi connectivity index (χ3v) is 4.94. The van der Waals surface area contributed by atoms with Gasteiger partial charge >= 0.3 is 0 Å². The van der Waals surface area contributed by atoms with Crippen LogP contribution in [0.5, 0.6) is 0 Å². The highest BCUT2D eigenvalue weighted by molar-refractivity contribution is 7.09. The summed E-state index contributed by atoms with van der Waals surface area (Å²) in [5, 5.41) is 6.56. The number of hydrogen-bond donors (Lipinski definition) is 1. The quantitative estimate of drug-likeness (QED) is 0.882. The van der Waals surface area contributed by atoms with Gasteiger partial charge in [-0.05, 0) is 38.8 Å². The van der Waals surface area contributed by atoms with Crippen molar-refractivity contribution in [1.29, 1.82) is 0 Å². The van der Waals surface area contributed by atoms with E-state index in [0.717, 1.165) is 36.6 Å². The van der Waals surface area contributed by atoms with Gasteiger partial charge in [-0.1, -0.05) is 0 Å². The van der Waals surface area contributed by atoms with Crippen molar-refractivity contribution in [3.05, 3.63) is 16.1 Å². The molecule has 1 aromatic heterocycles. The average molecular weight is 265 g/mol. The summed E-state index contributed by atoms with van der Waals surface area (Å²) in [7, 11) is 0. The van der Waals surface area contributed by atoms with Crippen LogP contribution in [0.3, 0.4) is 0 Å². The first-order valence-corrected chi connectivity index (χ1v) is 7.53. The number of carbonyl (C=O) groups excluding carboxylic acids is 1. The third-order valence-electron chi connectivity index (χ3n) is 3.99. The maximum Gasteiger partial charge on any atom is 0.223 e. The van der Waals surface area contributed by atoms with Crippen LogP contribution in [-0.2, 0) is 11.3 Å². The van der Waals surface area contributed by atoms with Gasteiger partial charge in [-0.2, -0.15) is 0 Å². The molecule has 2 fully saturated rings. The molecule has 0 aliphatic carbocycles. The number of piperidine rings is 2. The lowest BCUT2D eigenvalue weighted by Crippen LogP contribution is -2.54. The van der Waals surface area contributed by atoms with Crippen molar-refractivity contribution in [2.75, 3.05) is 13.1 Å². The Bertz CT molecular complexity index is 445. The fourth-order valence-corrected chi connectivity index (χ4v) is 3.85. The molecule has 2 saturated heterocycles. The monoisotopic (exact) mass is 265 g/mol. The van der Waals surface area contributed by atoms with Gasteiger partial charge in [-0.25, -0.2) is 4.98 Å². The van der Waals surface area contributed by atoms with E-state index < -0.39 is 0 Å². The van der Waals surface area contributed by atoms with Gasteiger partial charge in [0.25, 0.3) is 0 Å². The van der Waals surface area contributed by atoms with E-state index in [1.54, 1.807) is 11.3 Å². The molecule has 98 valence electrons. The molecular weight excluding hydrogens is 246 g/mol. The molecule has 2 atom stereocenters. The van der Waals surface area contributed by atoms with Crippen molar-refractivity contribution in [2.24, 2.45) is 5.92 Å². The van der Waals surface area contributed by atoms with Crippen molar-refractivity contribution in [2.45, 2.75) is 38.8 Å². The zero-order chi connectivity index (χ0) is 12.5. The molecule has 18 heavy (non-hydrogen) atoms. The zero-order valence-corrected chi connectivity index (χ0v) is 11.5. The molecule has 5 heteroatoms. The second-order valence-electron chi connectivity index (χ2n) is 5.26. The number of nitrogens with one attached hydrogen (secondary N) is 1. The number of likely N-dealkylation sites (tertiary alicyclic amines) is 1. The van der Waals surface area contributed by atoms with Crippen LogP contribution in [0.2, 0.25) is 0 Å². The van der Waals surface area contributed by atoms with E-state index in [4.69, 9.17) is 0 Å². The maximum atomic E-state index is 12.1. The van der Waals surface area contributed by atoms with Crippen LogP contribution >= 0.6 is 11.3 Å². The van der Waals surface area contributed by atoms with Gasteiger partial charge in [0.2, 0.25) is 5.91 Å². The number of nitrogens with zero attached hydrogens (tertiary/aromatic N) is 2. The average Bonchev–Trinajstić information content (AvgIpc) is 2.79. The van der Waals surface area contributed by atoms with Gasteiger partial charge in [0.1, 0.15) is 5.01 Å². The summed E-state index contributed by atoms with van der Waals surface area (Å²) >= 11 is 1.66. The van der Waals surface area contributed by atoms with Crippen LogP contribution in [0.15, 0.2) is 5.38 Å². The third kappa shape index (κ3) is 2.29. The van der Waals surface area contributed by atoms with Crippen LogP contribution in [0.25, 0.3) is 0 Å². The smallest absolute Gasteiger partial charge is 0.223 e. The number of thiazole rings is 1. The minimum atomic E-state index is 0.311. The van der Waals surface area contributed by atoms with Crippen molar-refractivity contribution in [1.82, 2.24) is 15.2 Å². The Kier molecular flexibility index (Phi) is 3.35. The minimum Gasteiger partial charge on any atom is -0.333 e. The van der Waals surface area contributed by atoms with Gasteiger partial charge < -0.3 is 10.2 Å². The van der Waals surface area contributed by atoms with Crippen LogP contribution < -0.4 is 5.32 Å². The molecule has 1 amide bonds. The summed E-state index contributed by atoms with van der Waals surface area (Å²) in [4.78, 5) is 18.7. The highest BCUT2D eigenvalue weighted by Gasteiger charge is 2.37. The highest BCUT2D eigenvalue weighted by atomic mass is 32.1. The summed E-state index contributed by atoms with van der Waals surface area (Å²) < 4.78 is 0. The van der Waals surface area contributed by atoms with Crippen LogP contribution in [0.1, 0.15) is 30.0 Å². The highest BCUT2D eigenvalue weighted by Crippen LogP contribution is 2.30. The molecule has 0 radical (unpaired) electrons. The molecule has 0 spiro atoms. The number of hydrogen-bond acceptors (Lipinski definition) is 4. The van der Waals surface area contributed by atoms with Gasteiger partial charge in [0.05, 0.1) is 6.54 Å². The molecular formula is C13H19N3OS. The standard InChI is InChI=1S/C13H19N3OS/c1-9-8-18-12(15-9)7-16-11-4-5-14-6-10(11)2-3-13(16)17/h8,10-11,14H,2-7H2,1H3. The number of fused-ring (bicyclic) bond motifs is 1. The minimum absolute atomic E-state index is 0.311. The van der Waals surface area contributed by atoms with Crippen molar-refractivity contribution >= 4 is 17.2 Å². The van der Waals surface area contributed by atoms with Crippen molar-refractivity contribution < 1.29 is 4.79 Å². The largest absolute Gasteiger partial charge is 0.333 e. The molecule has 2 aliphatic heterocycles. The lowest BCUT2D eigenvalue weighted by atomic mass is 9.84. The summed E-state index contributed by atoms with van der Waals surface area (Å²) in [5.74, 6) is 0.948. The van der Waals surface area contributed by atoms with E-state index in [1.807, 2.05) is 6.92 Å². The van der Waals surface area contributed by atoms with E-state index >= 15 is 0 Å². The molecule has 1 aromatic rings. The number of aryl methyl sites for hydroxylation is 1. The molecule has 1 N–H and O–H groups in total. The van der Waals surface area contributed by atoms with Crippen molar-refractivity contribution in [3.63, 3.8) is 0 Å². The predicted molar refractivity (Wildman–Crippen MR) is 71.4 cm³/mol. The molecule has 0 saturated carbocycles. The van der Waals surface area contributed by atoms with Gasteiger partial charge in [-0.15, -0.1) is 11.3 Å². The molecule has 4 nitrogen and oxygen atoms in total. The Labute approximate surface area is 111 Å². The topological polar surface area (TPSA) is 45.2 Å². The Morgan fingerprint density at radius 1 is 1.56 bits per heavy atom. The first-order valence-electron chi connectivity index (χ1n) is 6.65. The maximum absolute atomic E-state index is 12.1. The summed E-state index contributed by atoms with van der Waals surface area (Å²) in [6, 6.07) is 0.428. The van der Waals surface area contributed by atoms with E-state index in [-0.39, 0.29) is 0 Å². The zero-order valence-electron chi connectivity index (χ0n) is 10.7. The Morgan fingerprint density at radius 3 is 3.22 bits per heavy atom. The van der Waals surface area contributed by atoms with Gasteiger partial charge in [-0.3, -0.25) is 4.79 Å². The Balaban J connectivity index is 1.76. The number of rotatable bonds is 2. The van der Waals surface area contributed by atoms with Gasteiger partial charge in [0.15, 0.2) is 0 Å². The second-order valence-corrected chi connectivity index (χ2v) is 6.21. The normalized spacial score (nSPS) is 28.3. The summed E-state index contributed by atoms with van der Waals surface area (Å²) in [6.07, 6.45) is 2.83. The van der Waals surface area contributed by atoms with E-state index in [1.165, 1.54) is 0 Å². The van der Waals surface area contributed by atoms with E-state index in [0.29, 0.717) is 30.8 Å². The van der Waals surface area contributed by atoms with Crippen molar-refractivity contribution in [3.8, 4) is 0 Å². The summed E-state index contributed by atoms with van der Waals surface area (Å²) in [6.45, 7) is 4.80. The summed E-state index contributed by atoms with van der Waals surface area (Å²) in [5.41, 5.74) is 1.06. The SMILES string of the molecule is Cc1csc(CN2C(=O)CCC3CNCCC32)n1. The fourth-order valence-electron chi connectivity index (χ4n) is 3.08. The second kappa shape index (κ2) is 4.97. The molecule has 2 aliphatic rings. The predicted octanol–water partition coefficient (Wildman–Crippen LogP) is 1.55. The van der Waals surface area contributed by atoms with Crippen LogP contribution in [0.4, 0.5) is 0 Å². The van der Waals surface area contributed by atoms with Crippen LogP contribution in [0, 0.1) is 12.8 Å². The Morgan fingerprint density at radius 2 is 2.44 bits per heavy atom. The molecule has 3 heterocycles. The van der Waals surface area contributed by atoms with E-state index in [2.05, 4.69) is 20.6 Å². The fraction of sp³-hybridized carbons (Fsp3) is 0.692. The van der Waals surface area contributed by atoms with E-state index in [9.17, 15) is 4.79 Å². The lowest BCUT2D eigenvalue weighted by Gasteiger charge is -2.43. The van der Waals surface area contributed by atoms with Crippen LogP contribution in [-0.4, -0.2) is 34.9 Å². The number of aromatic nitrogens is 1. The molecule has 0 bridgehead atoms. The molecule has 2 unspecified atom stereocenters. The molecule has 0 aromatic carbocycles. The lowest BCUT2D eigenvalue weighted by molar-refractivity contribution is -0.140.